The van der Waals surface area contributed by atoms with Crippen LogP contribution in [0.15, 0.2) is 18.2 Å². The van der Waals surface area contributed by atoms with Crippen LogP contribution in [-0.4, -0.2) is 10.8 Å². The lowest BCUT2D eigenvalue weighted by molar-refractivity contribution is 0.0967. The topological polar surface area (TPSA) is 30.0 Å². The highest BCUT2D eigenvalue weighted by atomic mass is 35.5. The summed E-state index contributed by atoms with van der Waals surface area (Å²) in [5.74, 6) is 0.387. The average molecular weight is 416 g/mol. The number of halogens is 2. The van der Waals surface area contributed by atoms with Gasteiger partial charge in [0.15, 0.2) is 5.78 Å². The smallest absolute Gasteiger partial charge is 0.168 e. The van der Waals surface area contributed by atoms with Crippen molar-refractivity contribution in [1.29, 1.82) is 0 Å². The van der Waals surface area contributed by atoms with Crippen LogP contribution < -0.4 is 0 Å². The van der Waals surface area contributed by atoms with Gasteiger partial charge in [0.1, 0.15) is 4.83 Å². The van der Waals surface area contributed by atoms with Crippen molar-refractivity contribution < 1.29 is 4.79 Å². The SMILES string of the molecule is Cc1nc2sc3c(c2c(-c2ccc(Cl)c(Cl)c2)c1C(=O)C1CC1)CCCC3. The van der Waals surface area contributed by atoms with Crippen LogP contribution in [0.1, 0.15) is 52.2 Å². The number of hydrogen-bond donors (Lipinski definition) is 0. The van der Waals surface area contributed by atoms with Gasteiger partial charge in [-0.15, -0.1) is 11.3 Å². The van der Waals surface area contributed by atoms with Crippen molar-refractivity contribution in [3.8, 4) is 11.1 Å². The molecule has 0 atom stereocenters. The number of Topliss-reactive ketones (excluding diaryl/α,β-unsaturated/α-hetero) is 1. The third-order valence-electron chi connectivity index (χ3n) is 5.69. The van der Waals surface area contributed by atoms with Crippen LogP contribution in [0, 0.1) is 12.8 Å². The fourth-order valence-electron chi connectivity index (χ4n) is 4.19. The Morgan fingerprint density at radius 3 is 2.67 bits per heavy atom. The molecule has 2 heterocycles. The summed E-state index contributed by atoms with van der Waals surface area (Å²) in [5, 5.41) is 2.22. The van der Waals surface area contributed by atoms with Gasteiger partial charge >= 0.3 is 0 Å². The van der Waals surface area contributed by atoms with Crippen LogP contribution >= 0.6 is 34.5 Å². The monoisotopic (exact) mass is 415 g/mol. The lowest BCUT2D eigenvalue weighted by Crippen LogP contribution is -2.09. The largest absolute Gasteiger partial charge is 0.294 e. The van der Waals surface area contributed by atoms with Crippen molar-refractivity contribution in [2.24, 2.45) is 5.92 Å². The summed E-state index contributed by atoms with van der Waals surface area (Å²) in [4.78, 5) is 20.6. The normalized spacial score (nSPS) is 16.6. The van der Waals surface area contributed by atoms with E-state index in [1.807, 2.05) is 25.1 Å². The Labute approximate surface area is 172 Å². The van der Waals surface area contributed by atoms with E-state index in [0.29, 0.717) is 10.0 Å². The van der Waals surface area contributed by atoms with Gasteiger partial charge in [-0.05, 0) is 68.7 Å². The van der Waals surface area contributed by atoms with Crippen LogP contribution in [0.4, 0.5) is 0 Å². The van der Waals surface area contributed by atoms with Gasteiger partial charge in [-0.25, -0.2) is 4.98 Å². The molecule has 1 saturated carbocycles. The maximum Gasteiger partial charge on any atom is 0.168 e. The Kier molecular flexibility index (Phi) is 4.30. The van der Waals surface area contributed by atoms with Gasteiger partial charge < -0.3 is 0 Å². The molecule has 0 saturated heterocycles. The van der Waals surface area contributed by atoms with Gasteiger partial charge in [-0.3, -0.25) is 4.79 Å². The minimum Gasteiger partial charge on any atom is -0.294 e. The number of hydrogen-bond acceptors (Lipinski definition) is 3. The van der Waals surface area contributed by atoms with E-state index in [9.17, 15) is 4.79 Å². The van der Waals surface area contributed by atoms with Gasteiger partial charge in [0.25, 0.3) is 0 Å². The minimum absolute atomic E-state index is 0.152. The molecule has 3 aromatic rings. The molecule has 5 rings (SSSR count). The van der Waals surface area contributed by atoms with Crippen molar-refractivity contribution in [1.82, 2.24) is 4.98 Å². The highest BCUT2D eigenvalue weighted by molar-refractivity contribution is 7.19. The number of aromatic nitrogens is 1. The minimum atomic E-state index is 0.152. The number of rotatable bonds is 3. The standard InChI is InChI=1S/C22H19Cl2NOS/c1-11-18(21(26)12-6-7-12)19(13-8-9-15(23)16(24)10-13)20-14-4-2-3-5-17(14)27-22(20)25-11/h8-10,12H,2-7H2,1H3. The van der Waals surface area contributed by atoms with E-state index in [4.69, 9.17) is 28.2 Å². The first-order chi connectivity index (χ1) is 13.0. The van der Waals surface area contributed by atoms with E-state index >= 15 is 0 Å². The predicted octanol–water partition coefficient (Wildman–Crippen LogP) is 7.05. The zero-order valence-electron chi connectivity index (χ0n) is 15.1. The molecule has 5 heteroatoms. The van der Waals surface area contributed by atoms with E-state index in [-0.39, 0.29) is 11.7 Å². The quantitative estimate of drug-likeness (QED) is 0.428. The second-order valence-electron chi connectivity index (χ2n) is 7.61. The van der Waals surface area contributed by atoms with Crippen LogP contribution in [0.25, 0.3) is 21.3 Å². The third-order valence-corrected chi connectivity index (χ3v) is 7.61. The highest BCUT2D eigenvalue weighted by Crippen LogP contribution is 2.46. The Bertz CT molecular complexity index is 1100. The number of aryl methyl sites for hydroxylation is 3. The summed E-state index contributed by atoms with van der Waals surface area (Å²) in [6.07, 6.45) is 6.57. The third kappa shape index (κ3) is 2.91. The first kappa shape index (κ1) is 17.7. The van der Waals surface area contributed by atoms with E-state index in [1.54, 1.807) is 11.3 Å². The summed E-state index contributed by atoms with van der Waals surface area (Å²) >= 11 is 14.3. The second kappa shape index (κ2) is 6.58. The number of pyridine rings is 1. The number of carbonyl (C=O) groups is 1. The Morgan fingerprint density at radius 2 is 1.93 bits per heavy atom. The molecule has 27 heavy (non-hydrogen) atoms. The summed E-state index contributed by atoms with van der Waals surface area (Å²) < 4.78 is 0. The molecule has 2 aliphatic rings. The number of carbonyl (C=O) groups excluding carboxylic acids is 1. The lowest BCUT2D eigenvalue weighted by Gasteiger charge is -2.17. The van der Waals surface area contributed by atoms with E-state index in [1.165, 1.54) is 28.7 Å². The summed E-state index contributed by atoms with van der Waals surface area (Å²) in [7, 11) is 0. The number of fused-ring (bicyclic) bond motifs is 3. The zero-order chi connectivity index (χ0) is 18.7. The Balaban J connectivity index is 1.88. The van der Waals surface area contributed by atoms with E-state index in [0.717, 1.165) is 52.9 Å². The molecule has 2 aromatic heterocycles. The molecule has 0 aliphatic heterocycles. The molecular weight excluding hydrogens is 397 g/mol. The van der Waals surface area contributed by atoms with Crippen molar-refractivity contribution in [3.63, 3.8) is 0 Å². The van der Waals surface area contributed by atoms with Crippen LogP contribution in [0.5, 0.6) is 0 Å². The maximum absolute atomic E-state index is 13.2. The van der Waals surface area contributed by atoms with Crippen LogP contribution in [-0.2, 0) is 12.8 Å². The van der Waals surface area contributed by atoms with Gasteiger partial charge in [-0.1, -0.05) is 29.3 Å². The summed E-state index contributed by atoms with van der Waals surface area (Å²) in [6, 6.07) is 5.71. The number of thiophene rings is 1. The molecule has 0 amide bonds. The Morgan fingerprint density at radius 1 is 1.15 bits per heavy atom. The molecular formula is C22H19Cl2NOS. The van der Waals surface area contributed by atoms with Crippen LogP contribution in [0.2, 0.25) is 10.0 Å². The van der Waals surface area contributed by atoms with Gasteiger partial charge in [0.05, 0.1) is 15.7 Å². The van der Waals surface area contributed by atoms with Crippen molar-refractivity contribution in [2.45, 2.75) is 45.4 Å². The zero-order valence-corrected chi connectivity index (χ0v) is 17.4. The molecule has 0 unspecified atom stereocenters. The molecule has 1 fully saturated rings. The molecule has 1 aromatic carbocycles. The molecule has 2 aliphatic carbocycles. The fraction of sp³-hybridized carbons (Fsp3) is 0.364. The van der Waals surface area contributed by atoms with E-state index in [2.05, 4.69) is 0 Å². The van der Waals surface area contributed by atoms with E-state index < -0.39 is 0 Å². The molecule has 0 N–H and O–H groups in total. The molecule has 138 valence electrons. The first-order valence-electron chi connectivity index (χ1n) is 9.49. The predicted molar refractivity (Wildman–Crippen MR) is 114 cm³/mol. The van der Waals surface area contributed by atoms with Crippen molar-refractivity contribution in [2.75, 3.05) is 0 Å². The lowest BCUT2D eigenvalue weighted by atomic mass is 9.88. The first-order valence-corrected chi connectivity index (χ1v) is 11.1. The second-order valence-corrected chi connectivity index (χ2v) is 9.50. The number of ketones is 1. The molecule has 0 radical (unpaired) electrons. The maximum atomic E-state index is 13.2. The Hall–Kier alpha value is -1.42. The van der Waals surface area contributed by atoms with Gasteiger partial charge in [-0.2, -0.15) is 0 Å². The van der Waals surface area contributed by atoms with Crippen molar-refractivity contribution >= 4 is 50.5 Å². The number of nitrogens with zero attached hydrogens (tertiary/aromatic N) is 1. The fourth-order valence-corrected chi connectivity index (χ4v) is 5.81. The molecule has 0 spiro atoms. The summed E-state index contributed by atoms with van der Waals surface area (Å²) in [5.41, 5.74) is 5.00. The van der Waals surface area contributed by atoms with Crippen LogP contribution in [0.3, 0.4) is 0 Å². The molecule has 0 bridgehead atoms. The van der Waals surface area contributed by atoms with Gasteiger partial charge in [0.2, 0.25) is 0 Å². The van der Waals surface area contributed by atoms with Crippen molar-refractivity contribution in [3.05, 3.63) is 49.9 Å². The summed E-state index contributed by atoms with van der Waals surface area (Å²) in [6.45, 7) is 1.97. The number of benzene rings is 1. The molecule has 2 nitrogen and oxygen atoms in total. The highest BCUT2D eigenvalue weighted by Gasteiger charge is 2.35. The van der Waals surface area contributed by atoms with Gasteiger partial charge in [0, 0.05) is 27.3 Å². The average Bonchev–Trinajstić information content (AvgIpc) is 3.44.